The minimum absolute atomic E-state index is 0.357. The van der Waals surface area contributed by atoms with Crippen LogP contribution >= 0.6 is 37.7 Å². The summed E-state index contributed by atoms with van der Waals surface area (Å²) in [6, 6.07) is 0. The maximum atomic E-state index is 3.93. The second-order valence-corrected chi connectivity index (χ2v) is 16.0. The van der Waals surface area contributed by atoms with E-state index in [0.717, 1.165) is 18.4 Å². The molecule has 0 aliphatic heterocycles. The average Bonchev–Trinajstić information content (AvgIpc) is 2.01. The van der Waals surface area contributed by atoms with Gasteiger partial charge in [-0.3, -0.25) is 37.7 Å². The summed E-state index contributed by atoms with van der Waals surface area (Å²) in [5.41, 5.74) is 1.16. The minimum atomic E-state index is 0.357. The molecular formula is C9H15I2Mg. The van der Waals surface area contributed by atoms with E-state index in [9.17, 15) is 0 Å². The van der Waals surface area contributed by atoms with Crippen LogP contribution in [-0.2, 0) is 0 Å². The third kappa shape index (κ3) is 14.2. The Morgan fingerprint density at radius 1 is 1.58 bits per heavy atom. The Morgan fingerprint density at radius 3 is 2.25 bits per heavy atom. The summed E-state index contributed by atoms with van der Waals surface area (Å²) in [6.07, 6.45) is 4.04. The van der Waals surface area contributed by atoms with Crippen molar-refractivity contribution in [1.29, 1.82) is 0 Å². The zero-order chi connectivity index (χ0) is 9.98. The van der Waals surface area contributed by atoms with Gasteiger partial charge < -0.3 is 0 Å². The zero-order valence-corrected chi connectivity index (χ0v) is 13.4. The van der Waals surface area contributed by atoms with E-state index in [1.807, 2.05) is 13.0 Å². The quantitative estimate of drug-likeness (QED) is 0.373. The van der Waals surface area contributed by atoms with E-state index in [1.165, 1.54) is 0 Å². The molecule has 0 aliphatic rings. The van der Waals surface area contributed by atoms with Gasteiger partial charge in [0.1, 0.15) is 0 Å². The number of allylic oxidation sites excluding steroid dienone is 2. The molecule has 0 heterocycles. The van der Waals surface area contributed by atoms with Gasteiger partial charge >= 0.3 is 12.6 Å². The van der Waals surface area contributed by atoms with Crippen LogP contribution in [-0.4, -0.2) is 12.6 Å². The summed E-state index contributed by atoms with van der Waals surface area (Å²) in [7, 11) is 0. The standard InChI is InChI=1S/C9H15.2HI.Mg/c1-5-6-7-9(4)8(2)3;;;/h5,9H,1-2,4,6-7H2,3H3;2*1H;/q;;;+2/p-2. The first-order chi connectivity index (χ1) is 5.59. The van der Waals surface area contributed by atoms with Crippen LogP contribution < -0.4 is 0 Å². The summed E-state index contributed by atoms with van der Waals surface area (Å²) < 4.78 is 0. The monoisotopic (exact) mass is 401 g/mol. The zero-order valence-electron chi connectivity index (χ0n) is 7.65. The summed E-state index contributed by atoms with van der Waals surface area (Å²) >= 11 is 5.18. The third-order valence-corrected chi connectivity index (χ3v) is 1.42. The minimum Gasteiger partial charge on any atom is -0.276 e. The Labute approximate surface area is 106 Å². The number of rotatable bonds is 4. The van der Waals surface area contributed by atoms with Crippen LogP contribution in [0.15, 0.2) is 24.8 Å². The fourth-order valence-corrected chi connectivity index (χ4v) is 0.565. The predicted octanol–water partition coefficient (Wildman–Crippen LogP) is 4.37. The number of halogens is 2. The molecule has 0 fully saturated rings. The second kappa shape index (κ2) is 12.7. The maximum absolute atomic E-state index is 3.93. The molecule has 1 radical (unpaired) electrons. The van der Waals surface area contributed by atoms with Gasteiger partial charge in [-0.15, -0.1) is 6.58 Å². The van der Waals surface area contributed by atoms with Crippen LogP contribution in [0, 0.1) is 12.8 Å². The lowest BCUT2D eigenvalue weighted by Crippen LogP contribution is -1.93. The van der Waals surface area contributed by atoms with Gasteiger partial charge in [0.05, 0.1) is 0 Å². The lowest BCUT2D eigenvalue weighted by Gasteiger charge is -2.07. The van der Waals surface area contributed by atoms with E-state index in [4.69, 9.17) is 0 Å². The number of hydrogen-bond acceptors (Lipinski definition) is 0. The van der Waals surface area contributed by atoms with Crippen molar-refractivity contribution in [2.75, 3.05) is 0 Å². The molecule has 12 heavy (non-hydrogen) atoms. The fourth-order valence-electron chi connectivity index (χ4n) is 0.565. The smallest absolute Gasteiger partial charge is 0.276 e. The van der Waals surface area contributed by atoms with Gasteiger partial charge in [-0.1, -0.05) is 18.2 Å². The molecule has 0 aliphatic carbocycles. The molecule has 0 aromatic rings. The van der Waals surface area contributed by atoms with Gasteiger partial charge in [0.25, 0.3) is 0 Å². The SMILES string of the molecule is [CH2]C(CCC=C)C(=C)C.[I][Mg][I]. The topological polar surface area (TPSA) is 0 Å². The Bertz CT molecular complexity index is 124. The van der Waals surface area contributed by atoms with E-state index >= 15 is 0 Å². The Kier molecular flexibility index (Phi) is 17.1. The van der Waals surface area contributed by atoms with E-state index in [1.54, 1.807) is 0 Å². The molecular weight excluding hydrogens is 386 g/mol. The molecule has 0 spiro atoms. The molecule has 0 N–H and O–H groups in total. The molecule has 0 rings (SSSR count). The lowest BCUT2D eigenvalue weighted by molar-refractivity contribution is 0.683. The molecule has 0 nitrogen and oxygen atoms in total. The molecule has 0 aromatic carbocycles. The van der Waals surface area contributed by atoms with Crippen LogP contribution in [0.1, 0.15) is 19.8 Å². The lowest BCUT2D eigenvalue weighted by atomic mass is 9.99. The highest BCUT2D eigenvalue weighted by Gasteiger charge is 1.98. The van der Waals surface area contributed by atoms with Crippen molar-refractivity contribution in [3.8, 4) is 0 Å². The van der Waals surface area contributed by atoms with Crippen LogP contribution in [0.25, 0.3) is 0 Å². The van der Waals surface area contributed by atoms with Crippen molar-refractivity contribution in [2.24, 2.45) is 5.92 Å². The highest BCUT2D eigenvalue weighted by molar-refractivity contribution is 14.3. The van der Waals surface area contributed by atoms with Gasteiger partial charge in [-0.05, 0) is 32.6 Å². The molecule has 67 valence electrons. The van der Waals surface area contributed by atoms with Crippen molar-refractivity contribution < 1.29 is 0 Å². The highest BCUT2D eigenvalue weighted by Crippen LogP contribution is 2.12. The Morgan fingerprint density at radius 2 is 2.00 bits per heavy atom. The molecule has 1 unspecified atom stereocenters. The van der Waals surface area contributed by atoms with Crippen LogP contribution in [0.2, 0.25) is 0 Å². The van der Waals surface area contributed by atoms with Gasteiger partial charge in [0.2, 0.25) is 0 Å². The summed E-state index contributed by atoms with van der Waals surface area (Å²) in [5.74, 6) is 0.406. The summed E-state index contributed by atoms with van der Waals surface area (Å²) in [5, 5.41) is 0. The normalized spacial score (nSPS) is 10.3. The van der Waals surface area contributed by atoms with Gasteiger partial charge in [0, 0.05) is 0 Å². The van der Waals surface area contributed by atoms with Crippen LogP contribution in [0.3, 0.4) is 0 Å². The van der Waals surface area contributed by atoms with Gasteiger partial charge in [0.15, 0.2) is 0 Å². The molecule has 0 saturated carbocycles. The summed E-state index contributed by atoms with van der Waals surface area (Å²) in [4.78, 5) is 0. The largest absolute Gasteiger partial charge is 0.552 e. The van der Waals surface area contributed by atoms with Crippen molar-refractivity contribution in [3.05, 3.63) is 31.7 Å². The molecule has 3 heteroatoms. The van der Waals surface area contributed by atoms with E-state index in [0.29, 0.717) is 18.5 Å². The van der Waals surface area contributed by atoms with Crippen LogP contribution in [0.5, 0.6) is 0 Å². The molecule has 1 atom stereocenters. The van der Waals surface area contributed by atoms with Crippen molar-refractivity contribution in [3.63, 3.8) is 0 Å². The maximum Gasteiger partial charge on any atom is 0.552 e. The van der Waals surface area contributed by atoms with E-state index in [-0.39, 0.29) is 0 Å². The summed E-state index contributed by atoms with van der Waals surface area (Å²) in [6.45, 7) is 13.4. The van der Waals surface area contributed by atoms with Crippen molar-refractivity contribution >= 4 is 50.3 Å². The van der Waals surface area contributed by atoms with Crippen LogP contribution in [0.4, 0.5) is 0 Å². The molecule has 0 amide bonds. The van der Waals surface area contributed by atoms with Gasteiger partial charge in [-0.2, -0.15) is 0 Å². The first-order valence-electron chi connectivity index (χ1n) is 3.81. The molecule has 0 aromatic heterocycles. The van der Waals surface area contributed by atoms with Crippen molar-refractivity contribution in [1.82, 2.24) is 0 Å². The second-order valence-electron chi connectivity index (χ2n) is 2.51. The number of hydrogen-bond donors (Lipinski definition) is 0. The Hall–Kier alpha value is 1.71. The fraction of sp³-hybridized carbons (Fsp3) is 0.444. The third-order valence-electron chi connectivity index (χ3n) is 1.42. The molecule has 0 bridgehead atoms. The first-order valence-corrected chi connectivity index (χ1v) is 14.0. The van der Waals surface area contributed by atoms with E-state index in [2.05, 4.69) is 57.8 Å². The van der Waals surface area contributed by atoms with E-state index < -0.39 is 0 Å². The van der Waals surface area contributed by atoms with Crippen molar-refractivity contribution in [2.45, 2.75) is 19.8 Å². The highest BCUT2D eigenvalue weighted by atomic mass is 127. The van der Waals surface area contributed by atoms with Gasteiger partial charge in [-0.25, -0.2) is 0 Å². The molecule has 0 saturated heterocycles. The average molecular weight is 401 g/mol. The first kappa shape index (κ1) is 16.1. The predicted molar refractivity (Wildman–Crippen MR) is 76.9 cm³/mol. The Balaban J connectivity index is 0.